The van der Waals surface area contributed by atoms with Crippen LogP contribution in [0.4, 0.5) is 16.2 Å². The topological polar surface area (TPSA) is 87.5 Å². The monoisotopic (exact) mass is 318 g/mol. The van der Waals surface area contributed by atoms with Gasteiger partial charge in [-0.05, 0) is 43.4 Å². The van der Waals surface area contributed by atoms with E-state index in [1.807, 2.05) is 39.0 Å². The van der Waals surface area contributed by atoms with Gasteiger partial charge in [0.1, 0.15) is 0 Å². The molecule has 0 spiro atoms. The van der Waals surface area contributed by atoms with Crippen LogP contribution in [0.2, 0.25) is 0 Å². The molecule has 1 aliphatic heterocycles. The predicted octanol–water partition coefficient (Wildman–Crippen LogP) is 2.09. The van der Waals surface area contributed by atoms with Crippen LogP contribution in [-0.2, 0) is 11.2 Å². The van der Waals surface area contributed by atoms with E-state index in [0.717, 1.165) is 17.7 Å². The summed E-state index contributed by atoms with van der Waals surface area (Å²) >= 11 is 0. The first-order valence-electron chi connectivity index (χ1n) is 8.17. The maximum absolute atomic E-state index is 12.1. The van der Waals surface area contributed by atoms with Crippen LogP contribution in [0, 0.1) is 5.92 Å². The predicted molar refractivity (Wildman–Crippen MR) is 92.6 cm³/mol. The van der Waals surface area contributed by atoms with Crippen molar-refractivity contribution in [3.8, 4) is 0 Å². The molecule has 23 heavy (non-hydrogen) atoms. The van der Waals surface area contributed by atoms with Crippen molar-refractivity contribution in [2.24, 2.45) is 11.7 Å². The average Bonchev–Trinajstić information content (AvgIpc) is 2.90. The highest BCUT2D eigenvalue weighted by molar-refractivity contribution is 5.98. The highest BCUT2D eigenvalue weighted by Crippen LogP contribution is 2.31. The van der Waals surface area contributed by atoms with Gasteiger partial charge < -0.3 is 16.4 Å². The fraction of sp³-hybridized carbons (Fsp3) is 0.529. The number of carbonyl (C=O) groups is 2. The van der Waals surface area contributed by atoms with Crippen molar-refractivity contribution in [2.75, 3.05) is 23.3 Å². The van der Waals surface area contributed by atoms with Gasteiger partial charge in [-0.1, -0.05) is 19.9 Å². The van der Waals surface area contributed by atoms with E-state index in [1.54, 1.807) is 4.90 Å². The lowest BCUT2D eigenvalue weighted by molar-refractivity contribution is -0.117. The molecule has 1 aromatic carbocycles. The highest BCUT2D eigenvalue weighted by Gasteiger charge is 2.25. The summed E-state index contributed by atoms with van der Waals surface area (Å²) in [5.74, 6) is 0.171. The van der Waals surface area contributed by atoms with Crippen LogP contribution in [0.15, 0.2) is 18.2 Å². The molecule has 0 saturated heterocycles. The van der Waals surface area contributed by atoms with Gasteiger partial charge >= 0.3 is 6.03 Å². The van der Waals surface area contributed by atoms with Crippen LogP contribution < -0.4 is 21.3 Å². The molecule has 0 bridgehead atoms. The Kier molecular flexibility index (Phi) is 5.60. The van der Waals surface area contributed by atoms with Gasteiger partial charge in [0.2, 0.25) is 5.91 Å². The van der Waals surface area contributed by atoms with Gasteiger partial charge in [-0.25, -0.2) is 4.79 Å². The minimum Gasteiger partial charge on any atom is -0.338 e. The standard InChI is InChI=1S/C17H26N4O2/c1-4-19-17(23)21-8-7-12-5-6-13(10-15(12)21)20-16(22)14(18)9-11(2)3/h5-6,10-11,14H,4,7-9,18H2,1-3H3,(H,19,23)(H,20,22)/t14-/m0/s1. The molecule has 6 nitrogen and oxygen atoms in total. The molecule has 3 amide bonds. The molecule has 0 radical (unpaired) electrons. The van der Waals surface area contributed by atoms with Crippen molar-refractivity contribution in [2.45, 2.75) is 39.7 Å². The molecule has 0 unspecified atom stereocenters. The molecule has 0 aromatic heterocycles. The number of fused-ring (bicyclic) bond motifs is 1. The third-order valence-electron chi connectivity index (χ3n) is 3.88. The lowest BCUT2D eigenvalue weighted by Crippen LogP contribution is -2.39. The van der Waals surface area contributed by atoms with Gasteiger partial charge in [0.05, 0.1) is 11.7 Å². The summed E-state index contributed by atoms with van der Waals surface area (Å²) in [6.45, 7) is 7.21. The number of hydrogen-bond acceptors (Lipinski definition) is 3. The Balaban J connectivity index is 2.10. The van der Waals surface area contributed by atoms with E-state index in [1.165, 1.54) is 0 Å². The molecule has 1 aromatic rings. The fourth-order valence-electron chi connectivity index (χ4n) is 2.76. The zero-order valence-corrected chi connectivity index (χ0v) is 14.1. The van der Waals surface area contributed by atoms with Gasteiger partial charge in [-0.3, -0.25) is 9.69 Å². The van der Waals surface area contributed by atoms with Gasteiger partial charge in [0.15, 0.2) is 0 Å². The summed E-state index contributed by atoms with van der Waals surface area (Å²) < 4.78 is 0. The van der Waals surface area contributed by atoms with Crippen molar-refractivity contribution in [1.82, 2.24) is 5.32 Å². The number of nitrogens with two attached hydrogens (primary N) is 1. The number of nitrogens with zero attached hydrogens (tertiary/aromatic N) is 1. The minimum absolute atomic E-state index is 0.105. The number of nitrogens with one attached hydrogen (secondary N) is 2. The molecule has 6 heteroatoms. The summed E-state index contributed by atoms with van der Waals surface area (Å²) in [4.78, 5) is 25.9. The second-order valence-electron chi connectivity index (χ2n) is 6.31. The lowest BCUT2D eigenvalue weighted by atomic mass is 10.0. The van der Waals surface area contributed by atoms with Gasteiger partial charge in [-0.15, -0.1) is 0 Å². The van der Waals surface area contributed by atoms with Crippen LogP contribution in [0.5, 0.6) is 0 Å². The normalized spacial score (nSPS) is 14.6. The largest absolute Gasteiger partial charge is 0.338 e. The SMILES string of the molecule is CCNC(=O)N1CCc2ccc(NC(=O)[C@@H](N)CC(C)C)cc21. The van der Waals surface area contributed by atoms with Crippen molar-refractivity contribution >= 4 is 23.3 Å². The van der Waals surface area contributed by atoms with Crippen LogP contribution in [-0.4, -0.2) is 31.1 Å². The Hall–Kier alpha value is -2.08. The number of anilines is 2. The smallest absolute Gasteiger partial charge is 0.321 e. The van der Waals surface area contributed by atoms with Crippen LogP contribution in [0.3, 0.4) is 0 Å². The number of rotatable bonds is 5. The Morgan fingerprint density at radius 3 is 2.74 bits per heavy atom. The zero-order valence-electron chi connectivity index (χ0n) is 14.1. The molecular weight excluding hydrogens is 292 g/mol. The third-order valence-corrected chi connectivity index (χ3v) is 3.88. The fourth-order valence-corrected chi connectivity index (χ4v) is 2.76. The molecular formula is C17H26N4O2. The molecule has 0 aliphatic carbocycles. The molecule has 1 atom stereocenters. The van der Waals surface area contributed by atoms with Crippen molar-refractivity contribution < 1.29 is 9.59 Å². The number of benzene rings is 1. The second-order valence-corrected chi connectivity index (χ2v) is 6.31. The Bertz CT molecular complexity index is 586. The van der Waals surface area contributed by atoms with E-state index in [2.05, 4.69) is 10.6 Å². The van der Waals surface area contributed by atoms with Gasteiger partial charge in [0, 0.05) is 18.8 Å². The maximum Gasteiger partial charge on any atom is 0.321 e. The van der Waals surface area contributed by atoms with Crippen LogP contribution >= 0.6 is 0 Å². The first kappa shape index (κ1) is 17.3. The maximum atomic E-state index is 12.1. The zero-order chi connectivity index (χ0) is 17.0. The molecule has 4 N–H and O–H groups in total. The van der Waals surface area contributed by atoms with E-state index in [9.17, 15) is 9.59 Å². The minimum atomic E-state index is -0.525. The van der Waals surface area contributed by atoms with Gasteiger partial charge in [0.25, 0.3) is 0 Å². The second kappa shape index (κ2) is 7.46. The van der Waals surface area contributed by atoms with Crippen LogP contribution in [0.25, 0.3) is 0 Å². The quantitative estimate of drug-likeness (QED) is 0.777. The van der Waals surface area contributed by atoms with Crippen molar-refractivity contribution in [3.05, 3.63) is 23.8 Å². The Morgan fingerprint density at radius 2 is 2.09 bits per heavy atom. The first-order valence-corrected chi connectivity index (χ1v) is 8.17. The Labute approximate surface area is 137 Å². The molecule has 0 saturated carbocycles. The third kappa shape index (κ3) is 4.22. The lowest BCUT2D eigenvalue weighted by Gasteiger charge is -2.19. The van der Waals surface area contributed by atoms with Gasteiger partial charge in [-0.2, -0.15) is 0 Å². The number of carbonyl (C=O) groups excluding carboxylic acids is 2. The van der Waals surface area contributed by atoms with Crippen molar-refractivity contribution in [3.63, 3.8) is 0 Å². The van der Waals surface area contributed by atoms with E-state index < -0.39 is 6.04 Å². The van der Waals surface area contributed by atoms with E-state index >= 15 is 0 Å². The molecule has 0 fully saturated rings. The summed E-state index contributed by atoms with van der Waals surface area (Å²) in [5.41, 5.74) is 8.54. The van der Waals surface area contributed by atoms with Crippen LogP contribution in [0.1, 0.15) is 32.8 Å². The number of urea groups is 1. The van der Waals surface area contributed by atoms with E-state index in [0.29, 0.717) is 31.1 Å². The average molecular weight is 318 g/mol. The summed E-state index contributed by atoms with van der Waals surface area (Å²) in [6.07, 6.45) is 1.47. The number of amides is 3. The highest BCUT2D eigenvalue weighted by atomic mass is 16.2. The Morgan fingerprint density at radius 1 is 1.35 bits per heavy atom. The molecule has 2 rings (SSSR count). The first-order chi connectivity index (χ1) is 10.9. The summed E-state index contributed by atoms with van der Waals surface area (Å²) in [5, 5.41) is 5.65. The molecule has 1 heterocycles. The van der Waals surface area contributed by atoms with E-state index in [-0.39, 0.29) is 11.9 Å². The molecule has 1 aliphatic rings. The van der Waals surface area contributed by atoms with E-state index in [4.69, 9.17) is 5.73 Å². The van der Waals surface area contributed by atoms with Crippen molar-refractivity contribution in [1.29, 1.82) is 0 Å². The summed E-state index contributed by atoms with van der Waals surface area (Å²) in [6, 6.07) is 5.03. The number of hydrogen-bond donors (Lipinski definition) is 3. The molecule has 126 valence electrons. The summed E-state index contributed by atoms with van der Waals surface area (Å²) in [7, 11) is 0.